The Kier molecular flexibility index (Phi) is 8.13. The summed E-state index contributed by atoms with van der Waals surface area (Å²) in [7, 11) is 0. The molecule has 6 heteroatoms. The summed E-state index contributed by atoms with van der Waals surface area (Å²) in [5, 5.41) is 20.1. The van der Waals surface area contributed by atoms with Gasteiger partial charge in [-0.2, -0.15) is 0 Å². The Balaban J connectivity index is 0.00000256. The molecular formula is C11H16ClNO4. The first-order chi connectivity index (χ1) is 7.74. The third-order valence-corrected chi connectivity index (χ3v) is 1.93. The van der Waals surface area contributed by atoms with Crippen LogP contribution in [0.4, 0.5) is 0 Å². The molecule has 0 aromatic heterocycles. The smallest absolute Gasteiger partial charge is 0.341 e. The van der Waals surface area contributed by atoms with Gasteiger partial charge in [0, 0.05) is 18.7 Å². The molecule has 0 fully saturated rings. The zero-order valence-electron chi connectivity index (χ0n) is 9.26. The largest absolute Gasteiger partial charge is 0.482 e. The summed E-state index contributed by atoms with van der Waals surface area (Å²) >= 11 is 0. The molecule has 0 saturated heterocycles. The van der Waals surface area contributed by atoms with Gasteiger partial charge in [0.05, 0.1) is 6.61 Å². The molecular weight excluding hydrogens is 246 g/mol. The van der Waals surface area contributed by atoms with E-state index in [1.54, 1.807) is 12.1 Å². The summed E-state index contributed by atoms with van der Waals surface area (Å²) in [6.45, 7) is 0.749. The topological polar surface area (TPSA) is 78.8 Å². The highest BCUT2D eigenvalue weighted by atomic mass is 35.5. The second-order valence-corrected chi connectivity index (χ2v) is 3.19. The molecule has 1 aromatic carbocycles. The highest BCUT2D eigenvalue weighted by Gasteiger charge is 2.04. The number of carboxylic acids is 1. The quantitative estimate of drug-likeness (QED) is 0.628. The number of aliphatic hydroxyl groups excluding tert-OH is 1. The van der Waals surface area contributed by atoms with Crippen molar-refractivity contribution in [3.63, 3.8) is 0 Å². The van der Waals surface area contributed by atoms with E-state index in [9.17, 15) is 4.79 Å². The normalized spacial score (nSPS) is 9.47. The third kappa shape index (κ3) is 6.11. The van der Waals surface area contributed by atoms with Crippen LogP contribution in [0.25, 0.3) is 0 Å². The van der Waals surface area contributed by atoms with Crippen LogP contribution in [0.5, 0.6) is 5.75 Å². The van der Waals surface area contributed by atoms with E-state index < -0.39 is 5.97 Å². The second-order valence-electron chi connectivity index (χ2n) is 3.19. The molecule has 3 N–H and O–H groups in total. The Bertz CT molecular complexity index is 346. The summed E-state index contributed by atoms with van der Waals surface area (Å²) in [4.78, 5) is 10.4. The fourth-order valence-electron chi connectivity index (χ4n) is 1.23. The number of aliphatic hydroxyl groups is 1. The van der Waals surface area contributed by atoms with E-state index in [0.717, 1.165) is 5.56 Å². The number of carboxylic acid groups (broad SMARTS) is 1. The lowest BCUT2D eigenvalue weighted by Gasteiger charge is -2.10. The van der Waals surface area contributed by atoms with Gasteiger partial charge in [0.25, 0.3) is 0 Å². The van der Waals surface area contributed by atoms with Gasteiger partial charge in [-0.25, -0.2) is 4.79 Å². The minimum Gasteiger partial charge on any atom is -0.482 e. The maximum absolute atomic E-state index is 10.4. The average Bonchev–Trinajstić information content (AvgIpc) is 2.28. The number of carbonyl (C=O) groups is 1. The van der Waals surface area contributed by atoms with Gasteiger partial charge in [-0.3, -0.25) is 0 Å². The number of rotatable bonds is 7. The lowest BCUT2D eigenvalue weighted by atomic mass is 10.2. The van der Waals surface area contributed by atoms with Crippen LogP contribution in [0.3, 0.4) is 0 Å². The van der Waals surface area contributed by atoms with Gasteiger partial charge >= 0.3 is 5.97 Å². The monoisotopic (exact) mass is 261 g/mol. The first-order valence-electron chi connectivity index (χ1n) is 4.98. The van der Waals surface area contributed by atoms with Crippen molar-refractivity contribution in [1.82, 2.24) is 5.32 Å². The van der Waals surface area contributed by atoms with Gasteiger partial charge in [0.15, 0.2) is 6.61 Å². The standard InChI is InChI=1S/C11H15NO4.ClH/c13-6-5-12-7-9-3-1-2-4-10(9)16-8-11(14)15;/h1-4,12-13H,5-8H2,(H,14,15);1H. The Morgan fingerprint density at radius 2 is 2.06 bits per heavy atom. The van der Waals surface area contributed by atoms with E-state index >= 15 is 0 Å². The molecule has 0 heterocycles. The molecule has 1 rings (SSSR count). The zero-order valence-corrected chi connectivity index (χ0v) is 10.1. The molecule has 0 spiro atoms. The molecule has 17 heavy (non-hydrogen) atoms. The molecule has 5 nitrogen and oxygen atoms in total. The maximum Gasteiger partial charge on any atom is 0.341 e. The highest BCUT2D eigenvalue weighted by molar-refractivity contribution is 5.85. The Hall–Kier alpha value is -1.30. The van der Waals surface area contributed by atoms with Crippen LogP contribution in [0.2, 0.25) is 0 Å². The molecule has 0 aliphatic rings. The predicted molar refractivity (Wildman–Crippen MR) is 65.6 cm³/mol. The van der Waals surface area contributed by atoms with Crippen LogP contribution in [0.15, 0.2) is 24.3 Å². The number of hydrogen-bond donors (Lipinski definition) is 3. The van der Waals surface area contributed by atoms with Crippen molar-refractivity contribution >= 4 is 18.4 Å². The fraction of sp³-hybridized carbons (Fsp3) is 0.364. The van der Waals surface area contributed by atoms with Crippen LogP contribution >= 0.6 is 12.4 Å². The number of nitrogens with one attached hydrogen (secondary N) is 1. The van der Waals surface area contributed by atoms with E-state index in [0.29, 0.717) is 18.8 Å². The number of aliphatic carboxylic acids is 1. The van der Waals surface area contributed by atoms with Crippen molar-refractivity contribution in [1.29, 1.82) is 0 Å². The van der Waals surface area contributed by atoms with Crippen LogP contribution < -0.4 is 10.1 Å². The van der Waals surface area contributed by atoms with Crippen molar-refractivity contribution in [2.24, 2.45) is 0 Å². The second kappa shape index (κ2) is 8.81. The molecule has 96 valence electrons. The molecule has 0 aliphatic carbocycles. The molecule has 1 aromatic rings. The molecule has 0 radical (unpaired) electrons. The molecule has 0 aliphatic heterocycles. The van der Waals surface area contributed by atoms with Gasteiger partial charge in [-0.1, -0.05) is 18.2 Å². The van der Waals surface area contributed by atoms with E-state index in [1.165, 1.54) is 0 Å². The molecule has 0 atom stereocenters. The Labute approximate surface area is 106 Å². The summed E-state index contributed by atoms with van der Waals surface area (Å²) in [5.41, 5.74) is 0.872. The van der Waals surface area contributed by atoms with Crippen LogP contribution in [-0.4, -0.2) is 35.9 Å². The first-order valence-corrected chi connectivity index (χ1v) is 4.98. The van der Waals surface area contributed by atoms with E-state index in [2.05, 4.69) is 5.32 Å². The first kappa shape index (κ1) is 15.7. The number of para-hydroxylation sites is 1. The molecule has 0 saturated carbocycles. The number of hydrogen-bond acceptors (Lipinski definition) is 4. The van der Waals surface area contributed by atoms with Gasteiger partial charge in [0.1, 0.15) is 5.75 Å². The van der Waals surface area contributed by atoms with Crippen LogP contribution in [-0.2, 0) is 11.3 Å². The lowest BCUT2D eigenvalue weighted by molar-refractivity contribution is -0.139. The van der Waals surface area contributed by atoms with Crippen molar-refractivity contribution in [3.8, 4) is 5.75 Å². The van der Waals surface area contributed by atoms with Crippen molar-refractivity contribution < 1.29 is 19.7 Å². The minimum absolute atomic E-state index is 0. The van der Waals surface area contributed by atoms with Crippen molar-refractivity contribution in [2.75, 3.05) is 19.8 Å². The van der Waals surface area contributed by atoms with E-state index in [1.807, 2.05) is 12.1 Å². The summed E-state index contributed by atoms with van der Waals surface area (Å²) in [6, 6.07) is 7.21. The molecule has 0 unspecified atom stereocenters. The number of halogens is 1. The fourth-order valence-corrected chi connectivity index (χ4v) is 1.23. The number of benzene rings is 1. The van der Waals surface area contributed by atoms with Crippen molar-refractivity contribution in [2.45, 2.75) is 6.54 Å². The maximum atomic E-state index is 10.4. The number of ether oxygens (including phenoxy) is 1. The SMILES string of the molecule is Cl.O=C(O)COc1ccccc1CNCCO. The summed E-state index contributed by atoms with van der Waals surface area (Å²) < 4.78 is 5.13. The van der Waals surface area contributed by atoms with Crippen LogP contribution in [0.1, 0.15) is 5.56 Å². The third-order valence-electron chi connectivity index (χ3n) is 1.93. The molecule has 0 bridgehead atoms. The van der Waals surface area contributed by atoms with Gasteiger partial charge in [0.2, 0.25) is 0 Å². The van der Waals surface area contributed by atoms with Crippen LogP contribution in [0, 0.1) is 0 Å². The van der Waals surface area contributed by atoms with Gasteiger partial charge in [-0.05, 0) is 6.07 Å². The van der Waals surface area contributed by atoms with Gasteiger partial charge < -0.3 is 20.3 Å². The van der Waals surface area contributed by atoms with Gasteiger partial charge in [-0.15, -0.1) is 12.4 Å². The Morgan fingerprint density at radius 3 is 2.71 bits per heavy atom. The molecule has 0 amide bonds. The average molecular weight is 262 g/mol. The van der Waals surface area contributed by atoms with Crippen molar-refractivity contribution in [3.05, 3.63) is 29.8 Å². The highest BCUT2D eigenvalue weighted by Crippen LogP contribution is 2.17. The minimum atomic E-state index is -1.00. The predicted octanol–water partition coefficient (Wildman–Crippen LogP) is 0.654. The van der Waals surface area contributed by atoms with E-state index in [-0.39, 0.29) is 25.6 Å². The van der Waals surface area contributed by atoms with E-state index in [4.69, 9.17) is 14.9 Å². The Morgan fingerprint density at radius 1 is 1.35 bits per heavy atom. The summed E-state index contributed by atoms with van der Waals surface area (Å²) in [6.07, 6.45) is 0. The lowest BCUT2D eigenvalue weighted by Crippen LogP contribution is -2.18. The summed E-state index contributed by atoms with van der Waals surface area (Å²) in [5.74, 6) is -0.450. The zero-order chi connectivity index (χ0) is 11.8.